The van der Waals surface area contributed by atoms with Crippen LogP contribution in [0.4, 0.5) is 0 Å². The molecule has 0 aromatic heterocycles. The molecule has 1 fully saturated rings. The van der Waals surface area contributed by atoms with Crippen LogP contribution in [0.1, 0.15) is 25.3 Å². The fraction of sp³-hybridized carbons (Fsp3) is 0.429. The quantitative estimate of drug-likeness (QED) is 0.906. The molecule has 6 nitrogen and oxygen atoms in total. The molecule has 2 rings (SSSR count). The van der Waals surface area contributed by atoms with Crippen molar-refractivity contribution < 1.29 is 18.3 Å². The summed E-state index contributed by atoms with van der Waals surface area (Å²) in [6.07, 6.45) is 0.903. The van der Waals surface area contributed by atoms with Gasteiger partial charge in [0.15, 0.2) is 0 Å². The number of carboxylic acids is 1. The van der Waals surface area contributed by atoms with E-state index in [9.17, 15) is 13.2 Å². The molecule has 118 valence electrons. The lowest BCUT2D eigenvalue weighted by molar-refractivity contribution is -0.143. The molecule has 0 aliphatic carbocycles. The van der Waals surface area contributed by atoms with Crippen LogP contribution in [-0.4, -0.2) is 36.4 Å². The second-order valence-corrected chi connectivity index (χ2v) is 7.58. The van der Waals surface area contributed by atoms with E-state index in [1.54, 1.807) is 6.92 Å². The van der Waals surface area contributed by atoms with Crippen molar-refractivity contribution >= 4 is 27.6 Å². The van der Waals surface area contributed by atoms with E-state index in [2.05, 4.69) is 0 Å². The van der Waals surface area contributed by atoms with Gasteiger partial charge in [0.2, 0.25) is 10.0 Å². The zero-order valence-corrected chi connectivity index (χ0v) is 13.4. The van der Waals surface area contributed by atoms with Crippen molar-refractivity contribution in [3.05, 3.63) is 28.8 Å². The second-order valence-electron chi connectivity index (χ2n) is 5.29. The predicted molar refractivity (Wildman–Crippen MR) is 79.9 cm³/mol. The van der Waals surface area contributed by atoms with E-state index in [0.29, 0.717) is 12.8 Å². The molecular weight excluding hydrogens is 328 g/mol. The van der Waals surface area contributed by atoms with Crippen LogP contribution in [0.3, 0.4) is 0 Å². The summed E-state index contributed by atoms with van der Waals surface area (Å²) in [5.74, 6) is -1.74. The highest BCUT2D eigenvalue weighted by molar-refractivity contribution is 7.89. The zero-order valence-electron chi connectivity index (χ0n) is 11.9. The van der Waals surface area contributed by atoms with Crippen molar-refractivity contribution in [2.24, 2.45) is 5.92 Å². The minimum atomic E-state index is -3.95. The molecule has 1 aliphatic heterocycles. The van der Waals surface area contributed by atoms with Crippen molar-refractivity contribution in [1.29, 1.82) is 5.26 Å². The number of nitriles is 1. The maximum Gasteiger partial charge on any atom is 0.307 e. The first-order valence-corrected chi connectivity index (χ1v) is 8.53. The molecule has 1 heterocycles. The van der Waals surface area contributed by atoms with Crippen molar-refractivity contribution in [2.75, 3.05) is 6.54 Å². The molecule has 1 aromatic rings. The summed E-state index contributed by atoms with van der Waals surface area (Å²) < 4.78 is 26.8. The van der Waals surface area contributed by atoms with Gasteiger partial charge in [-0.1, -0.05) is 11.6 Å². The van der Waals surface area contributed by atoms with Gasteiger partial charge < -0.3 is 5.11 Å². The molecule has 2 atom stereocenters. The molecule has 0 saturated carbocycles. The molecule has 22 heavy (non-hydrogen) atoms. The summed E-state index contributed by atoms with van der Waals surface area (Å²) in [5.41, 5.74) is -0.0443. The molecule has 1 aliphatic rings. The van der Waals surface area contributed by atoms with Crippen LogP contribution in [0.2, 0.25) is 5.02 Å². The van der Waals surface area contributed by atoms with Crippen LogP contribution in [0, 0.1) is 17.2 Å². The Kier molecular flexibility index (Phi) is 4.75. The van der Waals surface area contributed by atoms with Crippen LogP contribution in [0.5, 0.6) is 0 Å². The molecule has 1 N–H and O–H groups in total. The van der Waals surface area contributed by atoms with Gasteiger partial charge in [0.1, 0.15) is 11.0 Å². The third kappa shape index (κ3) is 3.09. The number of rotatable bonds is 3. The van der Waals surface area contributed by atoms with Gasteiger partial charge in [-0.15, -0.1) is 0 Å². The average molecular weight is 343 g/mol. The first kappa shape index (κ1) is 16.7. The third-order valence-electron chi connectivity index (χ3n) is 3.82. The number of nitrogens with zero attached hydrogens (tertiary/aromatic N) is 2. The van der Waals surface area contributed by atoms with Crippen molar-refractivity contribution in [3.63, 3.8) is 0 Å². The van der Waals surface area contributed by atoms with E-state index < -0.39 is 21.9 Å². The number of hydrogen-bond acceptors (Lipinski definition) is 4. The zero-order chi connectivity index (χ0) is 16.5. The van der Waals surface area contributed by atoms with E-state index in [1.165, 1.54) is 22.5 Å². The van der Waals surface area contributed by atoms with Gasteiger partial charge in [0, 0.05) is 17.6 Å². The molecule has 2 unspecified atom stereocenters. The van der Waals surface area contributed by atoms with Crippen LogP contribution in [0.15, 0.2) is 23.1 Å². The van der Waals surface area contributed by atoms with Crippen molar-refractivity contribution in [1.82, 2.24) is 4.31 Å². The Labute approximate surface area is 134 Å². The molecule has 0 bridgehead atoms. The van der Waals surface area contributed by atoms with E-state index in [0.717, 1.165) is 0 Å². The summed E-state index contributed by atoms with van der Waals surface area (Å²) in [4.78, 5) is 11.0. The Hall–Kier alpha value is -1.62. The molecule has 0 radical (unpaired) electrons. The maximum absolute atomic E-state index is 12.8. The first-order chi connectivity index (χ1) is 10.3. The number of benzene rings is 1. The average Bonchev–Trinajstić information content (AvgIpc) is 2.46. The van der Waals surface area contributed by atoms with Gasteiger partial charge in [-0.2, -0.15) is 9.57 Å². The second kappa shape index (κ2) is 6.24. The van der Waals surface area contributed by atoms with Crippen LogP contribution >= 0.6 is 11.6 Å². The Morgan fingerprint density at radius 3 is 2.73 bits per heavy atom. The number of carboxylic acid groups (broad SMARTS) is 1. The molecule has 1 saturated heterocycles. The van der Waals surface area contributed by atoms with E-state index in [1.807, 2.05) is 6.07 Å². The van der Waals surface area contributed by atoms with E-state index in [-0.39, 0.29) is 28.1 Å². The fourth-order valence-electron chi connectivity index (χ4n) is 2.55. The minimum absolute atomic E-state index is 0.0443. The van der Waals surface area contributed by atoms with E-state index >= 15 is 0 Å². The van der Waals surface area contributed by atoms with Gasteiger partial charge in [-0.3, -0.25) is 4.79 Å². The molecule has 1 aromatic carbocycles. The van der Waals surface area contributed by atoms with Crippen LogP contribution in [0.25, 0.3) is 0 Å². The monoisotopic (exact) mass is 342 g/mol. The lowest BCUT2D eigenvalue weighted by Crippen LogP contribution is -2.47. The molecular formula is C14H15ClN2O4S. The van der Waals surface area contributed by atoms with Gasteiger partial charge in [0.05, 0.1) is 11.5 Å². The number of aliphatic carboxylic acids is 1. The topological polar surface area (TPSA) is 98.5 Å². The van der Waals surface area contributed by atoms with E-state index in [4.69, 9.17) is 22.0 Å². The SMILES string of the molecule is CC1CCC(C(=O)O)CN1S(=O)(=O)c1ccc(Cl)cc1C#N. The highest BCUT2D eigenvalue weighted by atomic mass is 35.5. The smallest absolute Gasteiger partial charge is 0.307 e. The molecule has 0 amide bonds. The van der Waals surface area contributed by atoms with Gasteiger partial charge in [0.25, 0.3) is 0 Å². The third-order valence-corrected chi connectivity index (χ3v) is 6.10. The lowest BCUT2D eigenvalue weighted by atomic mass is 9.96. The number of sulfonamides is 1. The van der Waals surface area contributed by atoms with Gasteiger partial charge >= 0.3 is 5.97 Å². The summed E-state index contributed by atoms with van der Waals surface area (Å²) in [6, 6.07) is 5.48. The standard InChI is InChI=1S/C14H15ClN2O4S/c1-9-2-3-10(14(18)19)8-17(9)22(20,21)13-5-4-12(15)6-11(13)7-16/h4-6,9-10H,2-3,8H2,1H3,(H,18,19). The predicted octanol–water partition coefficient (Wildman–Crippen LogP) is 2.09. The van der Waals surface area contributed by atoms with Crippen molar-refractivity contribution in [3.8, 4) is 6.07 Å². The maximum atomic E-state index is 12.8. The lowest BCUT2D eigenvalue weighted by Gasteiger charge is -2.35. The Balaban J connectivity index is 2.45. The van der Waals surface area contributed by atoms with Crippen LogP contribution in [-0.2, 0) is 14.8 Å². The summed E-state index contributed by atoms with van der Waals surface area (Å²) in [6.45, 7) is 1.64. The minimum Gasteiger partial charge on any atom is -0.481 e. The highest BCUT2D eigenvalue weighted by Crippen LogP contribution is 2.30. The Bertz CT molecular complexity index is 742. The summed E-state index contributed by atoms with van der Waals surface area (Å²) >= 11 is 5.79. The fourth-order valence-corrected chi connectivity index (χ4v) is 4.55. The number of piperidine rings is 1. The number of halogens is 1. The first-order valence-electron chi connectivity index (χ1n) is 6.71. The Morgan fingerprint density at radius 1 is 1.45 bits per heavy atom. The largest absolute Gasteiger partial charge is 0.481 e. The highest BCUT2D eigenvalue weighted by Gasteiger charge is 2.38. The van der Waals surface area contributed by atoms with Gasteiger partial charge in [-0.05, 0) is 38.0 Å². The van der Waals surface area contributed by atoms with Crippen molar-refractivity contribution in [2.45, 2.75) is 30.7 Å². The summed E-state index contributed by atoms with van der Waals surface area (Å²) in [5, 5.41) is 18.5. The van der Waals surface area contributed by atoms with Crippen LogP contribution < -0.4 is 0 Å². The normalized spacial score (nSPS) is 23.0. The van der Waals surface area contributed by atoms with Gasteiger partial charge in [-0.25, -0.2) is 8.42 Å². The Morgan fingerprint density at radius 2 is 2.14 bits per heavy atom. The molecule has 0 spiro atoms. The number of carbonyl (C=O) groups is 1. The molecule has 8 heteroatoms. The number of hydrogen-bond donors (Lipinski definition) is 1. The summed E-state index contributed by atoms with van der Waals surface area (Å²) in [7, 11) is -3.95.